The molecule has 2 atom stereocenters. The predicted molar refractivity (Wildman–Crippen MR) is 137 cm³/mol. The number of halogens is 1. The molecule has 0 aliphatic heterocycles. The van der Waals surface area contributed by atoms with E-state index >= 15 is 0 Å². The van der Waals surface area contributed by atoms with Gasteiger partial charge in [0.25, 0.3) is 0 Å². The Kier molecular flexibility index (Phi) is 23.6. The third kappa shape index (κ3) is 12.7. The van der Waals surface area contributed by atoms with Crippen LogP contribution in [0.2, 0.25) is 0 Å². The molecule has 0 amide bonds. The predicted octanol–water partition coefficient (Wildman–Crippen LogP) is 4.87. The highest BCUT2D eigenvalue weighted by Crippen LogP contribution is 2.28. The average molecular weight is 496 g/mol. The number of hydrogen-bond donors (Lipinski definition) is 0. The Morgan fingerprint density at radius 1 is 0.594 bits per heavy atom. The van der Waals surface area contributed by atoms with Gasteiger partial charge in [-0.3, -0.25) is 0 Å². The minimum Gasteiger partial charge on any atom is -1.00 e. The number of unbranched alkanes of at least 4 members (excludes halogenated alkanes) is 15. The van der Waals surface area contributed by atoms with Gasteiger partial charge in [0.05, 0.1) is 19.6 Å². The van der Waals surface area contributed by atoms with Crippen molar-refractivity contribution in [1.29, 1.82) is 0 Å². The maximum atomic E-state index is 5.87. The highest BCUT2D eigenvalue weighted by Gasteiger charge is 2.63. The normalized spacial score (nSPS) is 14.7. The first-order valence-corrected chi connectivity index (χ1v) is 15.2. The Bertz CT molecular complexity index is 391. The van der Waals surface area contributed by atoms with Gasteiger partial charge in [-0.1, -0.05) is 104 Å². The van der Waals surface area contributed by atoms with E-state index in [-0.39, 0.29) is 12.4 Å². The molecule has 6 heteroatoms. The van der Waals surface area contributed by atoms with E-state index in [1.807, 2.05) is 0 Å². The van der Waals surface area contributed by atoms with Crippen molar-refractivity contribution < 1.29 is 29.8 Å². The van der Waals surface area contributed by atoms with Gasteiger partial charge in [-0.05, 0) is 26.2 Å². The molecule has 0 aromatic heterocycles. The van der Waals surface area contributed by atoms with Gasteiger partial charge in [-0.2, -0.15) is 0 Å². The summed E-state index contributed by atoms with van der Waals surface area (Å²) in [7, 11) is 4.76. The van der Waals surface area contributed by atoms with Gasteiger partial charge in [0.2, 0.25) is 0 Å². The van der Waals surface area contributed by atoms with Crippen LogP contribution in [0.4, 0.5) is 0 Å². The molecule has 0 radical (unpaired) electrons. The Morgan fingerprint density at radius 2 is 0.906 bits per heavy atom. The van der Waals surface area contributed by atoms with Crippen LogP contribution >= 0.6 is 0 Å². The highest BCUT2D eigenvalue weighted by molar-refractivity contribution is 6.52. The fourth-order valence-electron chi connectivity index (χ4n) is 4.89. The summed E-state index contributed by atoms with van der Waals surface area (Å²) in [6.07, 6.45) is 23.5. The van der Waals surface area contributed by atoms with Crippen molar-refractivity contribution >= 4 is 8.97 Å². The summed E-state index contributed by atoms with van der Waals surface area (Å²) in [4.78, 5) is 0. The molecule has 0 saturated carbocycles. The molecule has 0 N–H and O–H groups in total. The standard InChI is InChI=1S/C26H58NO3Si.ClH/c1-8-10-11-12-13-14-15-16-17-18-19-20-21-22-23-24-25-27(4,26(3)9-2)31(28-5,29-6)30-7;/h26H,8-25H2,1-7H3;1H/q+1;/p-1. The zero-order valence-electron chi connectivity index (χ0n) is 22.9. The summed E-state index contributed by atoms with van der Waals surface area (Å²) in [6.45, 7) is 7.90. The first-order chi connectivity index (χ1) is 15.0. The summed E-state index contributed by atoms with van der Waals surface area (Å²) < 4.78 is 18.4. The second-order valence-corrected chi connectivity index (χ2v) is 13.0. The topological polar surface area (TPSA) is 27.7 Å². The van der Waals surface area contributed by atoms with Crippen molar-refractivity contribution in [1.82, 2.24) is 0 Å². The monoisotopic (exact) mass is 495 g/mol. The Morgan fingerprint density at radius 3 is 1.19 bits per heavy atom. The van der Waals surface area contributed by atoms with Crippen LogP contribution in [-0.2, 0) is 13.3 Å². The lowest BCUT2D eigenvalue weighted by Gasteiger charge is -2.47. The van der Waals surface area contributed by atoms with E-state index in [4.69, 9.17) is 13.3 Å². The number of rotatable bonds is 23. The Hall–Kier alpha value is 0.347. The van der Waals surface area contributed by atoms with Crippen LogP contribution in [0, 0.1) is 0 Å². The number of nitrogens with zero attached hydrogens (tertiary/aromatic N) is 1. The van der Waals surface area contributed by atoms with Crippen LogP contribution in [0.3, 0.4) is 0 Å². The quantitative estimate of drug-likeness (QED) is 0.149. The third-order valence-electron chi connectivity index (χ3n) is 7.44. The molecular formula is C26H58ClNO3Si. The Labute approximate surface area is 209 Å². The number of hydrogen-bond acceptors (Lipinski definition) is 3. The van der Waals surface area contributed by atoms with Gasteiger partial charge >= 0.3 is 8.97 Å². The maximum absolute atomic E-state index is 5.87. The first-order valence-electron chi connectivity index (χ1n) is 13.5. The molecule has 0 heterocycles. The molecule has 4 nitrogen and oxygen atoms in total. The molecule has 0 aliphatic rings. The SMILES string of the molecule is CCCCCCCCCCCCCCCCCC[N+](C)(C(C)CC)[Si](OC)(OC)OC.[Cl-]. The van der Waals surface area contributed by atoms with E-state index < -0.39 is 8.97 Å². The highest BCUT2D eigenvalue weighted by atomic mass is 35.5. The van der Waals surface area contributed by atoms with Gasteiger partial charge < -0.3 is 29.8 Å². The molecule has 0 aromatic rings. The Balaban J connectivity index is 0. The zero-order valence-corrected chi connectivity index (χ0v) is 24.6. The third-order valence-corrected chi connectivity index (χ3v) is 10.9. The summed E-state index contributed by atoms with van der Waals surface area (Å²) in [6, 6.07) is 0.461. The average Bonchev–Trinajstić information content (AvgIpc) is 2.79. The van der Waals surface area contributed by atoms with E-state index in [0.717, 1.165) is 17.1 Å². The molecule has 0 bridgehead atoms. The molecule has 0 saturated heterocycles. The number of quaternary nitrogens is 1. The minimum atomic E-state index is -2.73. The first kappa shape index (κ1) is 34.5. The van der Waals surface area contributed by atoms with Crippen molar-refractivity contribution in [3.8, 4) is 0 Å². The van der Waals surface area contributed by atoms with E-state index in [1.54, 1.807) is 21.3 Å². The molecule has 0 fully saturated rings. The zero-order chi connectivity index (χ0) is 23.4. The van der Waals surface area contributed by atoms with Crippen molar-refractivity contribution in [2.75, 3.05) is 34.9 Å². The van der Waals surface area contributed by atoms with Crippen LogP contribution in [0.5, 0.6) is 0 Å². The van der Waals surface area contributed by atoms with E-state index in [1.165, 1.54) is 103 Å². The molecule has 0 aliphatic carbocycles. The largest absolute Gasteiger partial charge is 1.00 e. The fourth-order valence-corrected chi connectivity index (χ4v) is 7.80. The van der Waals surface area contributed by atoms with Crippen molar-refractivity contribution in [3.63, 3.8) is 0 Å². The van der Waals surface area contributed by atoms with Crippen LogP contribution in [0.25, 0.3) is 0 Å². The fraction of sp³-hybridized carbons (Fsp3) is 1.00. The van der Waals surface area contributed by atoms with Crippen LogP contribution in [0.15, 0.2) is 0 Å². The van der Waals surface area contributed by atoms with Gasteiger partial charge in [0.15, 0.2) is 0 Å². The molecule has 2 unspecified atom stereocenters. The van der Waals surface area contributed by atoms with Crippen LogP contribution < -0.4 is 12.4 Å². The van der Waals surface area contributed by atoms with Gasteiger partial charge in [0.1, 0.15) is 0 Å². The van der Waals surface area contributed by atoms with Gasteiger partial charge in [-0.15, -0.1) is 0 Å². The van der Waals surface area contributed by atoms with Crippen molar-refractivity contribution in [3.05, 3.63) is 0 Å². The van der Waals surface area contributed by atoms with Gasteiger partial charge in [0, 0.05) is 21.3 Å². The summed E-state index contributed by atoms with van der Waals surface area (Å²) >= 11 is 0. The van der Waals surface area contributed by atoms with Crippen LogP contribution in [-0.4, -0.2) is 54.1 Å². The maximum Gasteiger partial charge on any atom is 0.783 e. The summed E-state index contributed by atoms with van der Waals surface area (Å²) in [5.74, 6) is 0. The van der Waals surface area contributed by atoms with Gasteiger partial charge in [-0.25, -0.2) is 0 Å². The molecule has 0 rings (SSSR count). The molecular weight excluding hydrogens is 438 g/mol. The summed E-state index contributed by atoms with van der Waals surface area (Å²) in [5.41, 5.74) is 0. The van der Waals surface area contributed by atoms with Crippen molar-refractivity contribution in [2.24, 2.45) is 0 Å². The smallest absolute Gasteiger partial charge is 0.783 e. The minimum absolute atomic E-state index is 0. The molecule has 0 spiro atoms. The molecule has 196 valence electrons. The lowest BCUT2D eigenvalue weighted by Crippen LogP contribution is -3.00. The van der Waals surface area contributed by atoms with E-state index in [9.17, 15) is 0 Å². The van der Waals surface area contributed by atoms with E-state index in [0.29, 0.717) is 6.04 Å². The van der Waals surface area contributed by atoms with E-state index in [2.05, 4.69) is 27.8 Å². The lowest BCUT2D eigenvalue weighted by molar-refractivity contribution is -0.863. The van der Waals surface area contributed by atoms with Crippen molar-refractivity contribution in [2.45, 2.75) is 136 Å². The second kappa shape index (κ2) is 21.9. The lowest BCUT2D eigenvalue weighted by atomic mass is 10.0. The molecule has 32 heavy (non-hydrogen) atoms. The summed E-state index contributed by atoms with van der Waals surface area (Å²) in [5, 5.41) is 0. The molecule has 0 aromatic carbocycles. The second-order valence-electron chi connectivity index (χ2n) is 9.69. The van der Waals surface area contributed by atoms with Crippen LogP contribution in [0.1, 0.15) is 130 Å².